The highest BCUT2D eigenvalue weighted by Crippen LogP contribution is 2.35. The van der Waals surface area contributed by atoms with Gasteiger partial charge in [0.15, 0.2) is 5.75 Å². The third-order valence-electron chi connectivity index (χ3n) is 3.61. The van der Waals surface area contributed by atoms with Gasteiger partial charge in [0.2, 0.25) is 0 Å². The van der Waals surface area contributed by atoms with Crippen LogP contribution in [0.1, 0.15) is 11.3 Å². The molecule has 3 rings (SSSR count). The summed E-state index contributed by atoms with van der Waals surface area (Å²) < 4.78 is 70.8. The molecule has 0 amide bonds. The highest BCUT2D eigenvalue weighted by Gasteiger charge is 2.48. The fraction of sp³-hybridized carbons (Fsp3) is 0.167. The quantitative estimate of drug-likeness (QED) is 0.473. The first-order valence-corrected chi connectivity index (χ1v) is 9.16. The molecular weight excluding hydrogens is 383 g/mol. The monoisotopic (exact) mass is 397 g/mol. The van der Waals surface area contributed by atoms with Crippen molar-refractivity contribution in [1.82, 2.24) is 4.98 Å². The number of rotatable bonds is 5. The summed E-state index contributed by atoms with van der Waals surface area (Å²) in [6, 6.07) is 14.9. The second-order valence-electron chi connectivity index (χ2n) is 5.67. The lowest BCUT2D eigenvalue weighted by molar-refractivity contribution is -0.0499. The Morgan fingerprint density at radius 2 is 1.70 bits per heavy atom. The van der Waals surface area contributed by atoms with Gasteiger partial charge in [-0.15, -0.1) is 0 Å². The summed E-state index contributed by atoms with van der Waals surface area (Å²) in [5, 5.41) is 0.0963. The van der Waals surface area contributed by atoms with Gasteiger partial charge < -0.3 is 8.92 Å². The first kappa shape index (κ1) is 19.0. The third kappa shape index (κ3) is 4.13. The van der Waals surface area contributed by atoms with Gasteiger partial charge in [0.25, 0.3) is 0 Å². The smallest absolute Gasteiger partial charge is 0.487 e. The van der Waals surface area contributed by atoms with Crippen LogP contribution in [-0.2, 0) is 16.7 Å². The van der Waals surface area contributed by atoms with Crippen molar-refractivity contribution in [3.8, 4) is 11.5 Å². The SMILES string of the molecule is Cc1cc(OS(=O)(=O)C(F)(F)F)c2cccc(OCc3ccccc3)c2n1. The topological polar surface area (TPSA) is 65.5 Å². The van der Waals surface area contributed by atoms with E-state index in [4.69, 9.17) is 4.74 Å². The van der Waals surface area contributed by atoms with Crippen molar-refractivity contribution in [3.05, 3.63) is 65.9 Å². The van der Waals surface area contributed by atoms with Crippen molar-refractivity contribution in [1.29, 1.82) is 0 Å². The zero-order chi connectivity index (χ0) is 19.7. The minimum absolute atomic E-state index is 0.0963. The predicted molar refractivity (Wildman–Crippen MR) is 92.9 cm³/mol. The Morgan fingerprint density at radius 3 is 2.37 bits per heavy atom. The maximum Gasteiger partial charge on any atom is 0.534 e. The van der Waals surface area contributed by atoms with Crippen LogP contribution in [-0.4, -0.2) is 18.9 Å². The minimum Gasteiger partial charge on any atom is -0.487 e. The summed E-state index contributed by atoms with van der Waals surface area (Å²) in [4.78, 5) is 4.26. The number of ether oxygens (including phenoxy) is 1. The van der Waals surface area contributed by atoms with E-state index in [1.54, 1.807) is 6.07 Å². The second-order valence-corrected chi connectivity index (χ2v) is 7.21. The van der Waals surface area contributed by atoms with Crippen LogP contribution in [0.5, 0.6) is 11.5 Å². The lowest BCUT2D eigenvalue weighted by Crippen LogP contribution is -2.28. The lowest BCUT2D eigenvalue weighted by Gasteiger charge is -2.14. The molecule has 5 nitrogen and oxygen atoms in total. The van der Waals surface area contributed by atoms with E-state index in [-0.39, 0.29) is 23.2 Å². The number of halogens is 3. The summed E-state index contributed by atoms with van der Waals surface area (Å²) in [7, 11) is -5.80. The molecule has 3 aromatic rings. The van der Waals surface area contributed by atoms with Crippen LogP contribution in [0.2, 0.25) is 0 Å². The number of para-hydroxylation sites is 1. The number of aromatic nitrogens is 1. The molecule has 1 heterocycles. The first-order valence-electron chi connectivity index (χ1n) is 7.75. The van der Waals surface area contributed by atoms with Crippen LogP contribution in [0.15, 0.2) is 54.6 Å². The number of hydrogen-bond donors (Lipinski definition) is 0. The Balaban J connectivity index is 2.00. The molecule has 0 saturated heterocycles. The lowest BCUT2D eigenvalue weighted by atomic mass is 10.1. The van der Waals surface area contributed by atoms with E-state index in [9.17, 15) is 21.6 Å². The summed E-state index contributed by atoms with van der Waals surface area (Å²) in [6.45, 7) is 1.73. The molecule has 0 aliphatic carbocycles. The van der Waals surface area contributed by atoms with Crippen molar-refractivity contribution in [2.75, 3.05) is 0 Å². The van der Waals surface area contributed by atoms with Crippen LogP contribution in [0.25, 0.3) is 10.9 Å². The molecule has 0 aliphatic rings. The maximum atomic E-state index is 12.7. The highest BCUT2D eigenvalue weighted by atomic mass is 32.2. The number of alkyl halides is 3. The molecule has 0 radical (unpaired) electrons. The number of pyridine rings is 1. The van der Waals surface area contributed by atoms with E-state index in [0.29, 0.717) is 5.75 Å². The molecule has 27 heavy (non-hydrogen) atoms. The second kappa shape index (κ2) is 7.07. The largest absolute Gasteiger partial charge is 0.534 e. The van der Waals surface area contributed by atoms with Crippen molar-refractivity contribution in [3.63, 3.8) is 0 Å². The Hall–Kier alpha value is -2.81. The van der Waals surface area contributed by atoms with Gasteiger partial charge in [-0.1, -0.05) is 36.4 Å². The Morgan fingerprint density at radius 1 is 1.00 bits per heavy atom. The molecule has 0 N–H and O–H groups in total. The van der Waals surface area contributed by atoms with Gasteiger partial charge >= 0.3 is 15.6 Å². The standard InChI is InChI=1S/C18H14F3NO4S/c1-12-10-16(26-27(23,24)18(19,20)21)14-8-5-9-15(17(14)22-12)25-11-13-6-3-2-4-7-13/h2-10H,11H2,1H3. The fourth-order valence-electron chi connectivity index (χ4n) is 2.40. The van der Waals surface area contributed by atoms with Crippen LogP contribution >= 0.6 is 0 Å². The highest BCUT2D eigenvalue weighted by molar-refractivity contribution is 7.88. The summed E-state index contributed by atoms with van der Waals surface area (Å²) in [5.74, 6) is -0.158. The van der Waals surface area contributed by atoms with Gasteiger partial charge in [0.1, 0.15) is 17.9 Å². The molecule has 2 aromatic carbocycles. The summed E-state index contributed by atoms with van der Waals surface area (Å²) in [5.41, 5.74) is -4.15. The molecule has 0 saturated carbocycles. The van der Waals surface area contributed by atoms with E-state index < -0.39 is 21.4 Å². The average molecular weight is 397 g/mol. The Bertz CT molecular complexity index is 1070. The maximum absolute atomic E-state index is 12.7. The zero-order valence-electron chi connectivity index (χ0n) is 14.0. The van der Waals surface area contributed by atoms with Crippen molar-refractivity contribution in [2.24, 2.45) is 0 Å². The summed E-state index contributed by atoms with van der Waals surface area (Å²) >= 11 is 0. The van der Waals surface area contributed by atoms with Crippen molar-refractivity contribution >= 4 is 21.0 Å². The molecule has 0 bridgehead atoms. The van der Waals surface area contributed by atoms with Crippen LogP contribution in [0.4, 0.5) is 13.2 Å². The number of fused-ring (bicyclic) bond motifs is 1. The zero-order valence-corrected chi connectivity index (χ0v) is 14.8. The van der Waals surface area contributed by atoms with Gasteiger partial charge in [-0.3, -0.25) is 0 Å². The molecule has 1 aromatic heterocycles. The van der Waals surface area contributed by atoms with E-state index in [2.05, 4.69) is 9.17 Å². The normalized spacial score (nSPS) is 12.1. The first-order chi connectivity index (χ1) is 12.7. The van der Waals surface area contributed by atoms with Gasteiger partial charge in [-0.2, -0.15) is 21.6 Å². The van der Waals surface area contributed by atoms with E-state index >= 15 is 0 Å². The van der Waals surface area contributed by atoms with Crippen LogP contribution in [0.3, 0.4) is 0 Å². The van der Waals surface area contributed by atoms with Crippen molar-refractivity contribution < 1.29 is 30.5 Å². The average Bonchev–Trinajstić information content (AvgIpc) is 2.59. The van der Waals surface area contributed by atoms with Gasteiger partial charge in [0.05, 0.1) is 0 Å². The van der Waals surface area contributed by atoms with Gasteiger partial charge in [0, 0.05) is 17.1 Å². The van der Waals surface area contributed by atoms with Crippen LogP contribution in [0, 0.1) is 6.92 Å². The molecule has 0 spiro atoms. The molecule has 142 valence electrons. The molecule has 0 atom stereocenters. The molecule has 0 unspecified atom stereocenters. The molecule has 0 fully saturated rings. The van der Waals surface area contributed by atoms with Crippen molar-refractivity contribution in [2.45, 2.75) is 19.0 Å². The Labute approximate surface area is 153 Å². The fourth-order valence-corrected chi connectivity index (χ4v) is 2.87. The number of nitrogens with zero attached hydrogens (tertiary/aromatic N) is 1. The number of hydrogen-bond acceptors (Lipinski definition) is 5. The van der Waals surface area contributed by atoms with E-state index in [1.807, 2.05) is 30.3 Å². The van der Waals surface area contributed by atoms with E-state index in [1.165, 1.54) is 19.1 Å². The predicted octanol–water partition coefficient (Wildman–Crippen LogP) is 4.35. The Kier molecular flexibility index (Phi) is 4.97. The molecule has 0 aliphatic heterocycles. The van der Waals surface area contributed by atoms with Gasteiger partial charge in [-0.25, -0.2) is 4.98 Å². The molecular formula is C18H14F3NO4S. The third-order valence-corrected chi connectivity index (χ3v) is 4.58. The summed E-state index contributed by atoms with van der Waals surface area (Å²) in [6.07, 6.45) is 0. The minimum atomic E-state index is -5.80. The van der Waals surface area contributed by atoms with Gasteiger partial charge in [-0.05, 0) is 24.6 Å². The number of benzene rings is 2. The van der Waals surface area contributed by atoms with E-state index in [0.717, 1.165) is 11.6 Å². The molecule has 9 heteroatoms. The van der Waals surface area contributed by atoms with Crippen LogP contribution < -0.4 is 8.92 Å². The number of aryl methyl sites for hydroxylation is 1.